The number of likely N-dealkylation sites (tertiary alicyclic amines) is 1. The largest absolute Gasteiger partial charge is 0.354 e. The predicted octanol–water partition coefficient (Wildman–Crippen LogP) is 3.75. The number of amides is 3. The number of aromatic nitrogens is 1. The van der Waals surface area contributed by atoms with Crippen molar-refractivity contribution in [1.82, 2.24) is 20.5 Å². The van der Waals surface area contributed by atoms with Crippen LogP contribution in [0.5, 0.6) is 0 Å². The maximum absolute atomic E-state index is 12.7. The molecule has 2 atom stereocenters. The first-order valence-electron chi connectivity index (χ1n) is 10.1. The minimum Gasteiger partial charge on any atom is -0.354 e. The molecule has 8 heteroatoms. The summed E-state index contributed by atoms with van der Waals surface area (Å²) >= 11 is 6.21. The van der Waals surface area contributed by atoms with Crippen LogP contribution in [0.25, 0.3) is 0 Å². The zero-order chi connectivity index (χ0) is 21.8. The predicted molar refractivity (Wildman–Crippen MR) is 119 cm³/mol. The fourth-order valence-electron chi connectivity index (χ4n) is 3.90. The number of carbonyl (C=O) groups is 2. The summed E-state index contributed by atoms with van der Waals surface area (Å²) in [7, 11) is 1.54. The van der Waals surface area contributed by atoms with E-state index in [1.165, 1.54) is 7.05 Å². The summed E-state index contributed by atoms with van der Waals surface area (Å²) in [6.07, 6.45) is 0.837. The third kappa shape index (κ3) is 4.91. The van der Waals surface area contributed by atoms with Gasteiger partial charge in [0.1, 0.15) is 11.5 Å². The molecule has 1 fully saturated rings. The van der Waals surface area contributed by atoms with Crippen LogP contribution < -0.4 is 16.0 Å². The highest BCUT2D eigenvalue weighted by atomic mass is 35.5. The summed E-state index contributed by atoms with van der Waals surface area (Å²) in [6, 6.07) is 11.0. The smallest absolute Gasteiger partial charge is 0.320 e. The highest BCUT2D eigenvalue weighted by Gasteiger charge is 2.37. The van der Waals surface area contributed by atoms with Crippen LogP contribution in [-0.4, -0.2) is 47.5 Å². The van der Waals surface area contributed by atoms with Crippen LogP contribution in [0.3, 0.4) is 0 Å². The first-order valence-corrected chi connectivity index (χ1v) is 10.5. The van der Waals surface area contributed by atoms with Gasteiger partial charge >= 0.3 is 6.03 Å². The summed E-state index contributed by atoms with van der Waals surface area (Å²) in [5, 5.41) is 9.09. The Morgan fingerprint density at radius 3 is 2.67 bits per heavy atom. The number of aryl methyl sites for hydroxylation is 1. The zero-order valence-electron chi connectivity index (χ0n) is 17.7. The molecule has 1 saturated heterocycles. The Bertz CT molecular complexity index is 933. The lowest BCUT2D eigenvalue weighted by atomic mass is 9.98. The van der Waals surface area contributed by atoms with Gasteiger partial charge in [0.25, 0.3) is 5.91 Å². The molecule has 2 unspecified atom stereocenters. The Kier molecular flexibility index (Phi) is 6.95. The number of nitrogens with zero attached hydrogens (tertiary/aromatic N) is 2. The number of anilines is 1. The van der Waals surface area contributed by atoms with Crippen molar-refractivity contribution in [2.75, 3.05) is 18.9 Å². The number of benzene rings is 1. The van der Waals surface area contributed by atoms with Gasteiger partial charge in [-0.15, -0.1) is 0 Å². The van der Waals surface area contributed by atoms with E-state index in [1.807, 2.05) is 19.1 Å². The van der Waals surface area contributed by atoms with E-state index in [0.29, 0.717) is 11.9 Å². The molecule has 0 spiro atoms. The van der Waals surface area contributed by atoms with Gasteiger partial charge in [-0.1, -0.05) is 29.8 Å². The molecular formula is C22H28ClN5O2. The second-order valence-electron chi connectivity index (χ2n) is 7.77. The summed E-state index contributed by atoms with van der Waals surface area (Å²) in [4.78, 5) is 31.0. The molecule has 0 saturated carbocycles. The first-order chi connectivity index (χ1) is 14.3. The van der Waals surface area contributed by atoms with Crippen LogP contribution in [0.2, 0.25) is 5.02 Å². The third-order valence-corrected chi connectivity index (χ3v) is 5.81. The van der Waals surface area contributed by atoms with Gasteiger partial charge in [0.15, 0.2) is 0 Å². The standard InChI is InChI=1S/C22H28ClN5O2/c1-13(2)28-11-10-17(20(28)15-8-9-16(23)14(3)12-15)26-22(30)27-19-7-5-6-18(25-19)21(29)24-4/h5-9,12-13,17,20H,10-11H2,1-4H3,(H,24,29)(H2,25,26,27,30). The van der Waals surface area contributed by atoms with Crippen molar-refractivity contribution in [3.05, 3.63) is 58.2 Å². The Morgan fingerprint density at radius 2 is 2.00 bits per heavy atom. The lowest BCUT2D eigenvalue weighted by molar-refractivity contribution is 0.0958. The molecule has 0 radical (unpaired) electrons. The molecule has 1 aliphatic heterocycles. The molecular weight excluding hydrogens is 402 g/mol. The topological polar surface area (TPSA) is 86.4 Å². The van der Waals surface area contributed by atoms with E-state index in [-0.39, 0.29) is 29.7 Å². The molecule has 1 aliphatic rings. The minimum absolute atomic E-state index is 0.0527. The third-order valence-electron chi connectivity index (χ3n) is 5.39. The van der Waals surface area contributed by atoms with Gasteiger partial charge in [0.05, 0.1) is 12.1 Å². The molecule has 0 aliphatic carbocycles. The molecule has 2 heterocycles. The van der Waals surface area contributed by atoms with E-state index in [4.69, 9.17) is 11.6 Å². The van der Waals surface area contributed by atoms with Gasteiger partial charge in [0.2, 0.25) is 0 Å². The Labute approximate surface area is 182 Å². The lowest BCUT2D eigenvalue weighted by Gasteiger charge is -2.32. The van der Waals surface area contributed by atoms with Crippen molar-refractivity contribution in [2.24, 2.45) is 0 Å². The van der Waals surface area contributed by atoms with Crippen LogP contribution in [0.1, 0.15) is 47.9 Å². The van der Waals surface area contributed by atoms with E-state index in [9.17, 15) is 9.59 Å². The van der Waals surface area contributed by atoms with Crippen molar-refractivity contribution in [3.8, 4) is 0 Å². The monoisotopic (exact) mass is 429 g/mol. The van der Waals surface area contributed by atoms with Gasteiger partial charge in [0, 0.05) is 24.7 Å². The van der Waals surface area contributed by atoms with Gasteiger partial charge in [-0.3, -0.25) is 15.0 Å². The van der Waals surface area contributed by atoms with Gasteiger partial charge in [-0.2, -0.15) is 0 Å². The van der Waals surface area contributed by atoms with Crippen LogP contribution >= 0.6 is 11.6 Å². The van der Waals surface area contributed by atoms with E-state index < -0.39 is 0 Å². The van der Waals surface area contributed by atoms with Crippen molar-refractivity contribution in [2.45, 2.75) is 45.3 Å². The van der Waals surface area contributed by atoms with Crippen LogP contribution in [0, 0.1) is 6.92 Å². The quantitative estimate of drug-likeness (QED) is 0.675. The number of pyridine rings is 1. The summed E-state index contributed by atoms with van der Waals surface area (Å²) < 4.78 is 0. The average molecular weight is 430 g/mol. The van der Waals surface area contributed by atoms with E-state index in [2.05, 4.69) is 45.7 Å². The van der Waals surface area contributed by atoms with Crippen LogP contribution in [0.4, 0.5) is 10.6 Å². The maximum atomic E-state index is 12.7. The first kappa shape index (κ1) is 22.1. The summed E-state index contributed by atoms with van der Waals surface area (Å²) in [5.41, 5.74) is 2.40. The molecule has 3 amide bonds. The van der Waals surface area contributed by atoms with E-state index >= 15 is 0 Å². The Balaban J connectivity index is 1.76. The van der Waals surface area contributed by atoms with Crippen molar-refractivity contribution in [3.63, 3.8) is 0 Å². The fraction of sp³-hybridized carbons (Fsp3) is 0.409. The molecule has 3 N–H and O–H groups in total. The van der Waals surface area contributed by atoms with Gasteiger partial charge in [-0.25, -0.2) is 9.78 Å². The molecule has 3 rings (SSSR count). The van der Waals surface area contributed by atoms with Crippen molar-refractivity contribution >= 4 is 29.4 Å². The van der Waals surface area contributed by atoms with Crippen molar-refractivity contribution < 1.29 is 9.59 Å². The number of carbonyl (C=O) groups excluding carboxylic acids is 2. The highest BCUT2D eigenvalue weighted by Crippen LogP contribution is 2.35. The van der Waals surface area contributed by atoms with Gasteiger partial charge < -0.3 is 10.6 Å². The maximum Gasteiger partial charge on any atom is 0.320 e. The number of hydrogen-bond acceptors (Lipinski definition) is 4. The Hall–Kier alpha value is -2.64. The van der Waals surface area contributed by atoms with Crippen molar-refractivity contribution in [1.29, 1.82) is 0 Å². The summed E-state index contributed by atoms with van der Waals surface area (Å²) in [5.74, 6) is 0.0202. The molecule has 1 aromatic carbocycles. The fourth-order valence-corrected chi connectivity index (χ4v) is 4.02. The minimum atomic E-state index is -0.345. The number of halogens is 1. The number of urea groups is 1. The lowest BCUT2D eigenvalue weighted by Crippen LogP contribution is -2.43. The molecule has 1 aromatic heterocycles. The molecule has 2 aromatic rings. The second-order valence-corrected chi connectivity index (χ2v) is 8.17. The van der Waals surface area contributed by atoms with Gasteiger partial charge in [-0.05, 0) is 56.5 Å². The van der Waals surface area contributed by atoms with Crippen LogP contribution in [0.15, 0.2) is 36.4 Å². The molecule has 7 nitrogen and oxygen atoms in total. The summed E-state index contributed by atoms with van der Waals surface area (Å²) in [6.45, 7) is 7.19. The molecule has 0 bridgehead atoms. The van der Waals surface area contributed by atoms with Crippen LogP contribution in [-0.2, 0) is 0 Å². The SMILES string of the molecule is CNC(=O)c1cccc(NC(=O)NC2CCN(C(C)C)C2c2ccc(Cl)c(C)c2)n1. The molecule has 30 heavy (non-hydrogen) atoms. The van der Waals surface area contributed by atoms with E-state index in [0.717, 1.165) is 29.1 Å². The normalized spacial score (nSPS) is 19.0. The average Bonchev–Trinajstić information content (AvgIpc) is 3.13. The molecule has 160 valence electrons. The Morgan fingerprint density at radius 1 is 1.23 bits per heavy atom. The van der Waals surface area contributed by atoms with E-state index in [1.54, 1.807) is 18.2 Å². The zero-order valence-corrected chi connectivity index (χ0v) is 18.5. The number of rotatable bonds is 5. The number of nitrogens with one attached hydrogen (secondary N) is 3. The number of hydrogen-bond donors (Lipinski definition) is 3. The second kappa shape index (κ2) is 9.45. The highest BCUT2D eigenvalue weighted by molar-refractivity contribution is 6.31.